The van der Waals surface area contributed by atoms with Gasteiger partial charge in [0.25, 0.3) is 0 Å². The van der Waals surface area contributed by atoms with Crippen LogP contribution in [0.15, 0.2) is 0 Å². The molecule has 1 heterocycles. The third kappa shape index (κ3) is 4.39. The van der Waals surface area contributed by atoms with Gasteiger partial charge in [-0.2, -0.15) is 0 Å². The van der Waals surface area contributed by atoms with Crippen LogP contribution in [-0.4, -0.2) is 40.6 Å². The quantitative estimate of drug-likeness (QED) is 0.755. The topological polar surface area (TPSA) is 69.6 Å². The van der Waals surface area contributed by atoms with Crippen LogP contribution in [0.25, 0.3) is 0 Å². The monoisotopic (exact) mass is 284 g/mol. The van der Waals surface area contributed by atoms with Gasteiger partial charge in [0.2, 0.25) is 0 Å². The molecule has 0 aliphatic carbocycles. The molecule has 0 aromatic rings. The Balaban J connectivity index is 2.75. The Kier molecular flexibility index (Phi) is 6.82. The maximum absolute atomic E-state index is 12.3. The molecule has 1 aliphatic heterocycles. The van der Waals surface area contributed by atoms with E-state index in [1.54, 1.807) is 4.90 Å². The van der Waals surface area contributed by atoms with E-state index in [4.69, 9.17) is 0 Å². The van der Waals surface area contributed by atoms with Crippen molar-refractivity contribution in [2.75, 3.05) is 13.1 Å². The zero-order valence-electron chi connectivity index (χ0n) is 12.8. The fraction of sp³-hybridized carbons (Fsp3) is 0.867. The maximum Gasteiger partial charge on any atom is 0.329 e. The number of piperidine rings is 1. The molecule has 1 rings (SSSR count). The molecule has 5 heteroatoms. The Morgan fingerprint density at radius 3 is 2.25 bits per heavy atom. The summed E-state index contributed by atoms with van der Waals surface area (Å²) in [4.78, 5) is 25.8. The molecule has 1 aliphatic rings. The highest BCUT2D eigenvalue weighted by Crippen LogP contribution is 2.22. The fourth-order valence-electron chi connectivity index (χ4n) is 2.80. The van der Waals surface area contributed by atoms with Gasteiger partial charge < -0.3 is 15.3 Å². The second kappa shape index (κ2) is 8.12. The first-order chi connectivity index (χ1) is 9.55. The number of hydrogen-bond acceptors (Lipinski definition) is 2. The fourth-order valence-corrected chi connectivity index (χ4v) is 2.80. The summed E-state index contributed by atoms with van der Waals surface area (Å²) in [6, 6.07) is -0.211. The molecule has 116 valence electrons. The van der Waals surface area contributed by atoms with E-state index < -0.39 is 11.5 Å². The summed E-state index contributed by atoms with van der Waals surface area (Å²) >= 11 is 0. The lowest BCUT2D eigenvalue weighted by atomic mass is 9.88. The predicted molar refractivity (Wildman–Crippen MR) is 78.8 cm³/mol. The van der Waals surface area contributed by atoms with E-state index in [1.807, 2.05) is 13.8 Å². The number of rotatable bonds is 7. The van der Waals surface area contributed by atoms with E-state index >= 15 is 0 Å². The van der Waals surface area contributed by atoms with Crippen LogP contribution in [0.1, 0.15) is 65.2 Å². The van der Waals surface area contributed by atoms with Crippen LogP contribution in [0.5, 0.6) is 0 Å². The zero-order chi connectivity index (χ0) is 15.0. The van der Waals surface area contributed by atoms with Crippen molar-refractivity contribution in [1.82, 2.24) is 10.2 Å². The minimum atomic E-state index is -1.10. The highest BCUT2D eigenvalue weighted by atomic mass is 16.4. The summed E-state index contributed by atoms with van der Waals surface area (Å²) in [6.45, 7) is 5.46. The van der Waals surface area contributed by atoms with Gasteiger partial charge in [-0.25, -0.2) is 9.59 Å². The number of nitrogens with one attached hydrogen (secondary N) is 1. The third-order valence-corrected chi connectivity index (χ3v) is 4.03. The normalized spacial score (nSPS) is 18.4. The molecule has 1 unspecified atom stereocenters. The number of carbonyl (C=O) groups excluding carboxylic acids is 1. The summed E-state index contributed by atoms with van der Waals surface area (Å²) in [7, 11) is 0. The molecule has 2 N–H and O–H groups in total. The number of carboxylic acids is 1. The van der Waals surface area contributed by atoms with Gasteiger partial charge in [-0.1, -0.05) is 33.1 Å². The van der Waals surface area contributed by atoms with Crippen LogP contribution in [0.4, 0.5) is 4.79 Å². The largest absolute Gasteiger partial charge is 0.480 e. The molecule has 0 radical (unpaired) electrons. The standard InChI is InChI=1S/C15H28N2O3/c1-3-5-10-15(9-4-2,13(18)19)16-14(20)17-11-7-6-8-12-17/h3-12H2,1-2H3,(H,16,20)(H,18,19). The highest BCUT2D eigenvalue weighted by Gasteiger charge is 2.39. The first-order valence-electron chi connectivity index (χ1n) is 7.86. The molecule has 0 bridgehead atoms. The van der Waals surface area contributed by atoms with Crippen molar-refractivity contribution in [3.05, 3.63) is 0 Å². The van der Waals surface area contributed by atoms with E-state index in [1.165, 1.54) is 0 Å². The second-order valence-corrected chi connectivity index (χ2v) is 5.72. The smallest absolute Gasteiger partial charge is 0.329 e. The molecule has 2 amide bonds. The molecular weight excluding hydrogens is 256 g/mol. The summed E-state index contributed by atoms with van der Waals surface area (Å²) < 4.78 is 0. The first kappa shape index (κ1) is 16.8. The summed E-state index contributed by atoms with van der Waals surface area (Å²) in [5.41, 5.74) is -1.10. The van der Waals surface area contributed by atoms with Crippen molar-refractivity contribution in [3.63, 3.8) is 0 Å². The van der Waals surface area contributed by atoms with Crippen LogP contribution >= 0.6 is 0 Å². The molecule has 1 atom stereocenters. The lowest BCUT2D eigenvalue weighted by molar-refractivity contribution is -0.145. The van der Waals surface area contributed by atoms with Gasteiger partial charge in [-0.3, -0.25) is 0 Å². The zero-order valence-corrected chi connectivity index (χ0v) is 12.8. The summed E-state index contributed by atoms with van der Waals surface area (Å²) in [5, 5.41) is 12.4. The maximum atomic E-state index is 12.3. The Morgan fingerprint density at radius 1 is 1.10 bits per heavy atom. The highest BCUT2D eigenvalue weighted by molar-refractivity contribution is 5.86. The predicted octanol–water partition coefficient (Wildman–Crippen LogP) is 3.00. The van der Waals surface area contributed by atoms with E-state index in [2.05, 4.69) is 5.32 Å². The number of carboxylic acid groups (broad SMARTS) is 1. The summed E-state index contributed by atoms with van der Waals surface area (Å²) in [6.07, 6.45) is 6.65. The van der Waals surface area contributed by atoms with Gasteiger partial charge in [-0.15, -0.1) is 0 Å². The average Bonchev–Trinajstić information content (AvgIpc) is 2.45. The van der Waals surface area contributed by atoms with E-state index in [0.717, 1.165) is 51.6 Å². The Labute approximate surface area is 121 Å². The van der Waals surface area contributed by atoms with Crippen molar-refractivity contribution in [2.24, 2.45) is 0 Å². The second-order valence-electron chi connectivity index (χ2n) is 5.72. The molecule has 1 fully saturated rings. The Hall–Kier alpha value is -1.26. The lowest BCUT2D eigenvalue weighted by Gasteiger charge is -2.35. The van der Waals surface area contributed by atoms with Crippen LogP contribution in [0.2, 0.25) is 0 Å². The van der Waals surface area contributed by atoms with Gasteiger partial charge in [-0.05, 0) is 32.1 Å². The SMILES string of the molecule is CCCCC(CCC)(NC(=O)N1CCCCC1)C(=O)O. The van der Waals surface area contributed by atoms with Gasteiger partial charge in [0.15, 0.2) is 0 Å². The molecule has 0 saturated carbocycles. The number of carbonyl (C=O) groups is 2. The van der Waals surface area contributed by atoms with Crippen molar-refractivity contribution in [2.45, 2.75) is 70.8 Å². The van der Waals surface area contributed by atoms with Crippen LogP contribution in [0, 0.1) is 0 Å². The number of aliphatic carboxylic acids is 1. The molecule has 0 aromatic carbocycles. The average molecular weight is 284 g/mol. The molecule has 0 aromatic heterocycles. The number of urea groups is 1. The molecule has 1 saturated heterocycles. The van der Waals surface area contributed by atoms with E-state index in [9.17, 15) is 14.7 Å². The van der Waals surface area contributed by atoms with Crippen LogP contribution < -0.4 is 5.32 Å². The van der Waals surface area contributed by atoms with Crippen molar-refractivity contribution >= 4 is 12.0 Å². The third-order valence-electron chi connectivity index (χ3n) is 4.03. The van der Waals surface area contributed by atoms with Crippen molar-refractivity contribution in [1.29, 1.82) is 0 Å². The van der Waals surface area contributed by atoms with Gasteiger partial charge in [0.05, 0.1) is 0 Å². The van der Waals surface area contributed by atoms with Crippen molar-refractivity contribution in [3.8, 4) is 0 Å². The molecular formula is C15H28N2O3. The Bertz CT molecular complexity index is 327. The minimum absolute atomic E-state index is 0.211. The minimum Gasteiger partial charge on any atom is -0.480 e. The molecule has 5 nitrogen and oxygen atoms in total. The van der Waals surface area contributed by atoms with Gasteiger partial charge in [0, 0.05) is 13.1 Å². The van der Waals surface area contributed by atoms with Crippen LogP contribution in [-0.2, 0) is 4.79 Å². The molecule has 0 spiro atoms. The van der Waals surface area contributed by atoms with E-state index in [0.29, 0.717) is 12.8 Å². The summed E-state index contributed by atoms with van der Waals surface area (Å²) in [5.74, 6) is -0.904. The Morgan fingerprint density at radius 2 is 1.75 bits per heavy atom. The lowest BCUT2D eigenvalue weighted by Crippen LogP contribution is -2.58. The van der Waals surface area contributed by atoms with E-state index in [-0.39, 0.29) is 6.03 Å². The van der Waals surface area contributed by atoms with Crippen LogP contribution in [0.3, 0.4) is 0 Å². The number of nitrogens with zero attached hydrogens (tertiary/aromatic N) is 1. The first-order valence-corrected chi connectivity index (χ1v) is 7.86. The van der Waals surface area contributed by atoms with Gasteiger partial charge >= 0.3 is 12.0 Å². The number of amides is 2. The number of likely N-dealkylation sites (tertiary alicyclic amines) is 1. The van der Waals surface area contributed by atoms with Crippen molar-refractivity contribution < 1.29 is 14.7 Å². The molecule has 20 heavy (non-hydrogen) atoms. The number of hydrogen-bond donors (Lipinski definition) is 2. The van der Waals surface area contributed by atoms with Gasteiger partial charge in [0.1, 0.15) is 5.54 Å². The number of unbranched alkanes of at least 4 members (excludes halogenated alkanes) is 1.